The molecule has 31 heavy (non-hydrogen) atoms. The molecule has 1 heterocycles. The fourth-order valence-electron chi connectivity index (χ4n) is 3.05. The second-order valence-electron chi connectivity index (χ2n) is 6.70. The first-order valence-corrected chi connectivity index (χ1v) is 9.76. The van der Waals surface area contributed by atoms with Gasteiger partial charge in [-0.2, -0.15) is 5.10 Å². The lowest BCUT2D eigenvalue weighted by atomic mass is 10.1. The number of aromatic nitrogens is 2. The number of nitrogens with one attached hydrogen (secondary N) is 2. The summed E-state index contributed by atoms with van der Waals surface area (Å²) in [6.07, 6.45) is 1.69. The molecule has 8 heteroatoms. The van der Waals surface area contributed by atoms with Gasteiger partial charge in [-0.15, -0.1) is 0 Å². The van der Waals surface area contributed by atoms with Gasteiger partial charge in [-0.05, 0) is 48.5 Å². The smallest absolute Gasteiger partial charge is 0.316 e. The number of para-hydroxylation sites is 1. The number of urea groups is 1. The topological polar surface area (TPSA) is 102 Å². The molecule has 3 amide bonds. The molecule has 4 aromatic rings. The average Bonchev–Trinajstić information content (AvgIpc) is 3.22. The first-order valence-electron chi connectivity index (χ1n) is 9.38. The first-order chi connectivity index (χ1) is 15.0. The Kier molecular flexibility index (Phi) is 5.68. The van der Waals surface area contributed by atoms with Gasteiger partial charge < -0.3 is 16.4 Å². The van der Waals surface area contributed by atoms with Gasteiger partial charge in [0.25, 0.3) is 5.91 Å². The number of anilines is 2. The molecule has 4 rings (SSSR count). The van der Waals surface area contributed by atoms with Crippen molar-refractivity contribution in [3.8, 4) is 16.9 Å². The number of primary amides is 1. The molecular formula is C23H18ClN5O2. The Morgan fingerprint density at radius 1 is 0.839 bits per heavy atom. The first kappa shape index (κ1) is 20.2. The van der Waals surface area contributed by atoms with Crippen molar-refractivity contribution in [2.75, 3.05) is 10.6 Å². The number of carbonyl (C=O) groups is 2. The SMILES string of the molecule is NC(=O)Nc1ccc(NC(=O)c2cn(-c3ccccc3)nc2-c2ccc(Cl)cc2)cc1. The Bertz CT molecular complexity index is 1220. The molecular weight excluding hydrogens is 414 g/mol. The maximum Gasteiger partial charge on any atom is 0.316 e. The van der Waals surface area contributed by atoms with Gasteiger partial charge in [0.1, 0.15) is 5.69 Å². The third-order valence-electron chi connectivity index (χ3n) is 4.51. The summed E-state index contributed by atoms with van der Waals surface area (Å²) >= 11 is 6.02. The zero-order chi connectivity index (χ0) is 21.8. The highest BCUT2D eigenvalue weighted by molar-refractivity contribution is 6.30. The summed E-state index contributed by atoms with van der Waals surface area (Å²) in [4.78, 5) is 24.1. The van der Waals surface area contributed by atoms with Crippen LogP contribution in [0.4, 0.5) is 16.2 Å². The van der Waals surface area contributed by atoms with Gasteiger partial charge in [-0.25, -0.2) is 9.48 Å². The van der Waals surface area contributed by atoms with Crippen molar-refractivity contribution in [3.05, 3.63) is 95.6 Å². The lowest BCUT2D eigenvalue weighted by Gasteiger charge is -2.07. The van der Waals surface area contributed by atoms with E-state index in [1.54, 1.807) is 47.3 Å². The Morgan fingerprint density at radius 3 is 2.06 bits per heavy atom. The summed E-state index contributed by atoms with van der Waals surface area (Å²) in [6, 6.07) is 22.7. The number of rotatable bonds is 5. The zero-order valence-corrected chi connectivity index (χ0v) is 17.0. The van der Waals surface area contributed by atoms with Crippen LogP contribution in [0.2, 0.25) is 5.02 Å². The Labute approximate surface area is 183 Å². The normalized spacial score (nSPS) is 10.5. The second-order valence-corrected chi connectivity index (χ2v) is 7.14. The molecule has 0 radical (unpaired) electrons. The number of amides is 3. The van der Waals surface area contributed by atoms with E-state index in [-0.39, 0.29) is 5.91 Å². The highest BCUT2D eigenvalue weighted by Crippen LogP contribution is 2.26. The Morgan fingerprint density at radius 2 is 1.45 bits per heavy atom. The van der Waals surface area contributed by atoms with Crippen LogP contribution < -0.4 is 16.4 Å². The van der Waals surface area contributed by atoms with Gasteiger partial charge in [0.2, 0.25) is 0 Å². The van der Waals surface area contributed by atoms with E-state index in [1.165, 1.54) is 0 Å². The van der Waals surface area contributed by atoms with Crippen LogP contribution >= 0.6 is 11.6 Å². The van der Waals surface area contributed by atoms with Crippen molar-refractivity contribution in [2.45, 2.75) is 0 Å². The van der Waals surface area contributed by atoms with Crippen LogP contribution in [-0.4, -0.2) is 21.7 Å². The largest absolute Gasteiger partial charge is 0.351 e. The minimum Gasteiger partial charge on any atom is -0.351 e. The van der Waals surface area contributed by atoms with Gasteiger partial charge >= 0.3 is 6.03 Å². The number of hydrogen-bond acceptors (Lipinski definition) is 3. The predicted molar refractivity (Wildman–Crippen MR) is 122 cm³/mol. The van der Waals surface area contributed by atoms with E-state index in [1.807, 2.05) is 42.5 Å². The summed E-state index contributed by atoms with van der Waals surface area (Å²) in [5.74, 6) is -0.317. The number of nitrogens with two attached hydrogens (primary N) is 1. The zero-order valence-electron chi connectivity index (χ0n) is 16.2. The molecule has 0 unspecified atom stereocenters. The number of nitrogens with zero attached hydrogens (tertiary/aromatic N) is 2. The Hall–Kier alpha value is -4.10. The molecule has 0 atom stereocenters. The average molecular weight is 432 g/mol. The van der Waals surface area contributed by atoms with E-state index in [2.05, 4.69) is 15.7 Å². The number of hydrogen-bond donors (Lipinski definition) is 3. The summed E-state index contributed by atoms with van der Waals surface area (Å²) in [6.45, 7) is 0. The van der Waals surface area contributed by atoms with Crippen molar-refractivity contribution in [1.29, 1.82) is 0 Å². The number of carbonyl (C=O) groups excluding carboxylic acids is 2. The molecule has 0 saturated carbocycles. The van der Waals surface area contributed by atoms with E-state index < -0.39 is 6.03 Å². The molecule has 0 bridgehead atoms. The van der Waals surface area contributed by atoms with Crippen molar-refractivity contribution in [3.63, 3.8) is 0 Å². The third-order valence-corrected chi connectivity index (χ3v) is 4.76. The van der Waals surface area contributed by atoms with Crippen LogP contribution in [0, 0.1) is 0 Å². The molecule has 4 N–H and O–H groups in total. The molecule has 0 spiro atoms. The molecule has 3 aromatic carbocycles. The fraction of sp³-hybridized carbons (Fsp3) is 0. The summed E-state index contributed by atoms with van der Waals surface area (Å²) in [5.41, 5.74) is 8.75. The Balaban J connectivity index is 1.67. The maximum atomic E-state index is 13.1. The van der Waals surface area contributed by atoms with E-state index in [0.717, 1.165) is 11.3 Å². The highest BCUT2D eigenvalue weighted by Gasteiger charge is 2.19. The third kappa shape index (κ3) is 4.73. The number of benzene rings is 3. The van der Waals surface area contributed by atoms with Crippen molar-refractivity contribution < 1.29 is 9.59 Å². The number of halogens is 1. The predicted octanol–water partition coefficient (Wildman–Crippen LogP) is 4.94. The quantitative estimate of drug-likeness (QED) is 0.417. The summed E-state index contributed by atoms with van der Waals surface area (Å²) in [7, 11) is 0. The minimum absolute atomic E-state index is 0.317. The summed E-state index contributed by atoms with van der Waals surface area (Å²) < 4.78 is 1.67. The molecule has 1 aromatic heterocycles. The minimum atomic E-state index is -0.655. The van der Waals surface area contributed by atoms with E-state index in [4.69, 9.17) is 17.3 Å². The van der Waals surface area contributed by atoms with Crippen LogP contribution in [0.15, 0.2) is 85.1 Å². The van der Waals surface area contributed by atoms with E-state index >= 15 is 0 Å². The molecule has 0 fully saturated rings. The van der Waals surface area contributed by atoms with Gasteiger partial charge in [0.05, 0.1) is 11.3 Å². The highest BCUT2D eigenvalue weighted by atomic mass is 35.5. The molecule has 0 saturated heterocycles. The molecule has 0 aliphatic heterocycles. The molecule has 0 aliphatic carbocycles. The van der Waals surface area contributed by atoms with Crippen LogP contribution in [0.5, 0.6) is 0 Å². The fourth-order valence-corrected chi connectivity index (χ4v) is 3.18. The van der Waals surface area contributed by atoms with Gasteiger partial charge in [0, 0.05) is 28.2 Å². The van der Waals surface area contributed by atoms with Gasteiger partial charge in [-0.3, -0.25) is 4.79 Å². The van der Waals surface area contributed by atoms with Crippen LogP contribution in [0.1, 0.15) is 10.4 Å². The van der Waals surface area contributed by atoms with Crippen LogP contribution in [-0.2, 0) is 0 Å². The lowest BCUT2D eigenvalue weighted by Crippen LogP contribution is -2.19. The van der Waals surface area contributed by atoms with Crippen molar-refractivity contribution in [2.24, 2.45) is 5.73 Å². The lowest BCUT2D eigenvalue weighted by molar-refractivity contribution is 0.102. The molecule has 7 nitrogen and oxygen atoms in total. The summed E-state index contributed by atoms with van der Waals surface area (Å²) in [5, 5.41) is 10.6. The standard InChI is InChI=1S/C23H18ClN5O2/c24-16-8-6-15(7-9-16)21-20(14-29(28-21)19-4-2-1-3-5-19)22(30)26-17-10-12-18(13-11-17)27-23(25)31/h1-14H,(H,26,30)(H3,25,27,31). The monoisotopic (exact) mass is 431 g/mol. The van der Waals surface area contributed by atoms with E-state index in [0.29, 0.717) is 27.7 Å². The van der Waals surface area contributed by atoms with Crippen LogP contribution in [0.3, 0.4) is 0 Å². The van der Waals surface area contributed by atoms with E-state index in [9.17, 15) is 9.59 Å². The van der Waals surface area contributed by atoms with Crippen LogP contribution in [0.25, 0.3) is 16.9 Å². The second kappa shape index (κ2) is 8.73. The molecule has 0 aliphatic rings. The maximum absolute atomic E-state index is 13.1. The van der Waals surface area contributed by atoms with Crippen molar-refractivity contribution in [1.82, 2.24) is 9.78 Å². The van der Waals surface area contributed by atoms with Gasteiger partial charge in [-0.1, -0.05) is 41.9 Å². The van der Waals surface area contributed by atoms with Gasteiger partial charge in [0.15, 0.2) is 0 Å². The van der Waals surface area contributed by atoms with Crippen molar-refractivity contribution >= 4 is 34.9 Å². The molecule has 154 valence electrons.